The van der Waals surface area contributed by atoms with Crippen LogP contribution >= 0.6 is 22.6 Å². The summed E-state index contributed by atoms with van der Waals surface area (Å²) in [6.07, 6.45) is -0.0646. The van der Waals surface area contributed by atoms with Crippen LogP contribution in [0.5, 0.6) is 0 Å². The Labute approximate surface area is 117 Å². The van der Waals surface area contributed by atoms with Crippen molar-refractivity contribution in [1.82, 2.24) is 4.90 Å². The number of amides is 1. The molecule has 0 radical (unpaired) electrons. The Kier molecular flexibility index (Phi) is 4.16. The third-order valence-electron chi connectivity index (χ3n) is 2.77. The second kappa shape index (κ2) is 5.48. The van der Waals surface area contributed by atoms with E-state index in [0.29, 0.717) is 19.7 Å². The van der Waals surface area contributed by atoms with Crippen LogP contribution in [0.4, 0.5) is 8.78 Å². The molecule has 1 aromatic carbocycles. The first-order valence-corrected chi connectivity index (χ1v) is 6.62. The molecule has 6 heteroatoms. The first kappa shape index (κ1) is 13.7. The number of halogens is 3. The average Bonchev–Trinajstić information content (AvgIpc) is 2.33. The van der Waals surface area contributed by atoms with Gasteiger partial charge >= 0.3 is 0 Å². The zero-order chi connectivity index (χ0) is 13.3. The molecule has 1 saturated heterocycles. The Morgan fingerprint density at radius 3 is 2.83 bits per heavy atom. The number of morpholine rings is 1. The first-order chi connectivity index (χ1) is 8.49. The third-order valence-corrected chi connectivity index (χ3v) is 3.60. The summed E-state index contributed by atoms with van der Waals surface area (Å²) in [6.45, 7) is 3.14. The molecule has 1 heterocycles. The minimum atomic E-state index is -0.822. The predicted octanol–water partition coefficient (Wildman–Crippen LogP) is 2.43. The van der Waals surface area contributed by atoms with E-state index in [2.05, 4.69) is 0 Å². The number of nitrogens with zero attached hydrogens (tertiary/aromatic N) is 1. The van der Waals surface area contributed by atoms with Crippen molar-refractivity contribution in [2.45, 2.75) is 13.0 Å². The van der Waals surface area contributed by atoms with Crippen LogP contribution < -0.4 is 0 Å². The third kappa shape index (κ3) is 2.80. The van der Waals surface area contributed by atoms with E-state index in [1.54, 1.807) is 22.6 Å². The molecule has 1 amide bonds. The van der Waals surface area contributed by atoms with Gasteiger partial charge in [0.1, 0.15) is 11.6 Å². The quantitative estimate of drug-likeness (QED) is 0.564. The normalized spacial score (nSPS) is 20.0. The molecule has 98 valence electrons. The number of carbonyl (C=O) groups excluding carboxylic acids is 1. The van der Waals surface area contributed by atoms with E-state index in [4.69, 9.17) is 4.74 Å². The van der Waals surface area contributed by atoms with Gasteiger partial charge in [-0.25, -0.2) is 8.78 Å². The Morgan fingerprint density at radius 1 is 1.44 bits per heavy atom. The van der Waals surface area contributed by atoms with E-state index in [1.807, 2.05) is 6.92 Å². The van der Waals surface area contributed by atoms with Gasteiger partial charge in [0.25, 0.3) is 5.91 Å². The molecular formula is C12H12F2INO2. The zero-order valence-electron chi connectivity index (χ0n) is 9.75. The highest BCUT2D eigenvalue weighted by molar-refractivity contribution is 14.1. The molecule has 0 unspecified atom stereocenters. The van der Waals surface area contributed by atoms with Crippen LogP contribution in [0.2, 0.25) is 0 Å². The SMILES string of the molecule is C[C@H]1CN(C(=O)c2cc(I)c(F)cc2F)CCO1. The summed E-state index contributed by atoms with van der Waals surface area (Å²) in [6, 6.07) is 1.99. The minimum Gasteiger partial charge on any atom is -0.375 e. The van der Waals surface area contributed by atoms with Crippen LogP contribution in [0.3, 0.4) is 0 Å². The lowest BCUT2D eigenvalue weighted by Crippen LogP contribution is -2.44. The molecule has 0 N–H and O–H groups in total. The van der Waals surface area contributed by atoms with Crippen molar-refractivity contribution >= 4 is 28.5 Å². The topological polar surface area (TPSA) is 29.5 Å². The molecule has 0 spiro atoms. The van der Waals surface area contributed by atoms with Crippen molar-refractivity contribution in [3.05, 3.63) is 32.9 Å². The molecular weight excluding hydrogens is 355 g/mol. The molecule has 2 rings (SSSR count). The van der Waals surface area contributed by atoms with Gasteiger partial charge in [-0.2, -0.15) is 0 Å². The van der Waals surface area contributed by atoms with Crippen LogP contribution in [-0.2, 0) is 4.74 Å². The largest absolute Gasteiger partial charge is 0.375 e. The molecule has 1 aromatic rings. The second-order valence-corrected chi connectivity index (χ2v) is 5.34. The fourth-order valence-corrected chi connectivity index (χ4v) is 2.33. The molecule has 0 bridgehead atoms. The summed E-state index contributed by atoms with van der Waals surface area (Å²) >= 11 is 1.74. The van der Waals surface area contributed by atoms with E-state index in [9.17, 15) is 13.6 Å². The van der Waals surface area contributed by atoms with Gasteiger partial charge in [0.2, 0.25) is 0 Å². The number of ether oxygens (including phenoxy) is 1. The molecule has 1 aliphatic rings. The van der Waals surface area contributed by atoms with Crippen LogP contribution in [0.25, 0.3) is 0 Å². The fraction of sp³-hybridized carbons (Fsp3) is 0.417. The maximum Gasteiger partial charge on any atom is 0.257 e. The standard InChI is InChI=1S/C12H12F2INO2/c1-7-6-16(2-3-18-7)12(17)8-4-11(15)10(14)5-9(8)13/h4-5,7H,2-3,6H2,1H3/t7-/m0/s1. The number of rotatable bonds is 1. The van der Waals surface area contributed by atoms with Gasteiger partial charge in [0.05, 0.1) is 18.3 Å². The fourth-order valence-electron chi connectivity index (χ4n) is 1.86. The molecule has 1 atom stereocenters. The molecule has 0 aliphatic carbocycles. The van der Waals surface area contributed by atoms with Crippen molar-refractivity contribution in [3.8, 4) is 0 Å². The minimum absolute atomic E-state index is 0.0646. The molecule has 3 nitrogen and oxygen atoms in total. The maximum atomic E-state index is 13.6. The highest BCUT2D eigenvalue weighted by Gasteiger charge is 2.25. The number of carbonyl (C=O) groups is 1. The van der Waals surface area contributed by atoms with Gasteiger partial charge in [-0.05, 0) is 35.6 Å². The van der Waals surface area contributed by atoms with Crippen LogP contribution in [0.1, 0.15) is 17.3 Å². The van der Waals surface area contributed by atoms with E-state index >= 15 is 0 Å². The highest BCUT2D eigenvalue weighted by Crippen LogP contribution is 2.19. The lowest BCUT2D eigenvalue weighted by molar-refractivity contribution is -0.0125. The number of benzene rings is 1. The van der Waals surface area contributed by atoms with Crippen LogP contribution in [0.15, 0.2) is 12.1 Å². The molecule has 0 aromatic heterocycles. The maximum absolute atomic E-state index is 13.6. The van der Waals surface area contributed by atoms with Gasteiger partial charge in [-0.15, -0.1) is 0 Å². The van der Waals surface area contributed by atoms with Gasteiger partial charge in [-0.3, -0.25) is 4.79 Å². The van der Waals surface area contributed by atoms with Crippen LogP contribution in [0, 0.1) is 15.2 Å². The lowest BCUT2D eigenvalue weighted by Gasteiger charge is -2.31. The molecule has 0 saturated carbocycles. The molecule has 18 heavy (non-hydrogen) atoms. The van der Waals surface area contributed by atoms with Gasteiger partial charge in [0.15, 0.2) is 0 Å². The first-order valence-electron chi connectivity index (χ1n) is 5.54. The predicted molar refractivity (Wildman–Crippen MR) is 70.4 cm³/mol. The summed E-state index contributed by atoms with van der Waals surface area (Å²) in [5.74, 6) is -1.89. The summed E-state index contributed by atoms with van der Waals surface area (Å²) in [7, 11) is 0. The smallest absolute Gasteiger partial charge is 0.257 e. The van der Waals surface area contributed by atoms with Gasteiger partial charge in [-0.1, -0.05) is 0 Å². The van der Waals surface area contributed by atoms with Crippen molar-refractivity contribution < 1.29 is 18.3 Å². The van der Waals surface area contributed by atoms with E-state index in [-0.39, 0.29) is 15.2 Å². The Morgan fingerprint density at radius 2 is 2.17 bits per heavy atom. The van der Waals surface area contributed by atoms with E-state index in [1.165, 1.54) is 11.0 Å². The Balaban J connectivity index is 2.25. The summed E-state index contributed by atoms with van der Waals surface area (Å²) in [5.41, 5.74) is -0.0881. The van der Waals surface area contributed by atoms with Crippen molar-refractivity contribution in [2.75, 3.05) is 19.7 Å². The van der Waals surface area contributed by atoms with E-state index in [0.717, 1.165) is 6.07 Å². The van der Waals surface area contributed by atoms with Crippen molar-refractivity contribution in [2.24, 2.45) is 0 Å². The summed E-state index contributed by atoms with van der Waals surface area (Å²) in [5, 5.41) is 0. The van der Waals surface area contributed by atoms with E-state index < -0.39 is 17.5 Å². The lowest BCUT2D eigenvalue weighted by atomic mass is 10.1. The molecule has 1 fully saturated rings. The van der Waals surface area contributed by atoms with Crippen molar-refractivity contribution in [3.63, 3.8) is 0 Å². The highest BCUT2D eigenvalue weighted by atomic mass is 127. The van der Waals surface area contributed by atoms with Gasteiger partial charge < -0.3 is 9.64 Å². The average molecular weight is 367 g/mol. The Hall–Kier alpha value is -0.760. The number of hydrogen-bond acceptors (Lipinski definition) is 2. The summed E-state index contributed by atoms with van der Waals surface area (Å²) in [4.78, 5) is 13.7. The number of hydrogen-bond donors (Lipinski definition) is 0. The van der Waals surface area contributed by atoms with Gasteiger partial charge in [0, 0.05) is 22.7 Å². The molecule has 1 aliphatic heterocycles. The zero-order valence-corrected chi connectivity index (χ0v) is 11.9. The summed E-state index contributed by atoms with van der Waals surface area (Å²) < 4.78 is 32.3. The second-order valence-electron chi connectivity index (χ2n) is 4.18. The Bertz CT molecular complexity index is 481. The monoisotopic (exact) mass is 367 g/mol. The van der Waals surface area contributed by atoms with Crippen molar-refractivity contribution in [1.29, 1.82) is 0 Å². The van der Waals surface area contributed by atoms with Crippen LogP contribution in [-0.4, -0.2) is 36.6 Å².